The van der Waals surface area contributed by atoms with Gasteiger partial charge in [0.2, 0.25) is 5.91 Å². The molecule has 3 aromatic rings. The summed E-state index contributed by atoms with van der Waals surface area (Å²) in [6, 6.07) is 13.3. The number of rotatable bonds is 4. The number of carbonyl (C=O) groups excluding carboxylic acids is 2. The number of hydrogen-bond donors (Lipinski definition) is 4. The van der Waals surface area contributed by atoms with E-state index in [9.17, 15) is 9.59 Å². The zero-order valence-electron chi connectivity index (χ0n) is 14.8. The van der Waals surface area contributed by atoms with Crippen molar-refractivity contribution in [3.8, 4) is 11.3 Å². The van der Waals surface area contributed by atoms with Gasteiger partial charge < -0.3 is 20.9 Å². The molecule has 2 aromatic heterocycles. The lowest BCUT2D eigenvalue weighted by Crippen LogP contribution is -2.31. The number of aromatic amines is 1. The number of amides is 2. The minimum absolute atomic E-state index is 0.103. The van der Waals surface area contributed by atoms with Crippen LogP contribution in [0.25, 0.3) is 11.3 Å². The third kappa shape index (κ3) is 3.39. The predicted octanol–water partition coefficient (Wildman–Crippen LogP) is 3.06. The fourth-order valence-electron chi connectivity index (χ4n) is 3.22. The molecule has 2 amide bonds. The van der Waals surface area contributed by atoms with Crippen LogP contribution in [0, 0.1) is 0 Å². The van der Waals surface area contributed by atoms with Crippen molar-refractivity contribution >= 4 is 29.0 Å². The van der Waals surface area contributed by atoms with Gasteiger partial charge in [0.05, 0.1) is 16.9 Å². The minimum Gasteiger partial charge on any atom is -0.356 e. The number of carbonyl (C=O) groups is 2. The maximum Gasteiger partial charge on any atom is 0.255 e. The van der Waals surface area contributed by atoms with Gasteiger partial charge in [-0.15, -0.1) is 0 Å². The highest BCUT2D eigenvalue weighted by atomic mass is 16.2. The van der Waals surface area contributed by atoms with Crippen molar-refractivity contribution in [3.63, 3.8) is 0 Å². The second-order valence-electron chi connectivity index (χ2n) is 6.34. The van der Waals surface area contributed by atoms with Gasteiger partial charge >= 0.3 is 0 Å². The molecule has 3 heterocycles. The first-order valence-electron chi connectivity index (χ1n) is 8.71. The second-order valence-corrected chi connectivity index (χ2v) is 6.34. The van der Waals surface area contributed by atoms with Crippen LogP contribution in [0.2, 0.25) is 0 Å². The molecule has 4 rings (SSSR count). The van der Waals surface area contributed by atoms with E-state index in [1.165, 1.54) is 6.92 Å². The Bertz CT molecular complexity index is 1010. The number of fused-ring (bicyclic) bond motifs is 1. The number of nitrogens with zero attached hydrogens (tertiary/aromatic N) is 1. The van der Waals surface area contributed by atoms with Crippen molar-refractivity contribution in [1.29, 1.82) is 0 Å². The summed E-state index contributed by atoms with van der Waals surface area (Å²) in [7, 11) is 0. The largest absolute Gasteiger partial charge is 0.356 e. The van der Waals surface area contributed by atoms with E-state index in [1.54, 1.807) is 12.3 Å². The second kappa shape index (κ2) is 6.95. The van der Waals surface area contributed by atoms with Gasteiger partial charge in [0, 0.05) is 43.0 Å². The Kier molecular flexibility index (Phi) is 4.33. The lowest BCUT2D eigenvalue weighted by molar-refractivity contribution is -0.114. The van der Waals surface area contributed by atoms with Gasteiger partial charge in [-0.25, -0.2) is 4.98 Å². The van der Waals surface area contributed by atoms with Crippen molar-refractivity contribution in [2.75, 3.05) is 17.2 Å². The number of nitrogens with one attached hydrogen (secondary N) is 4. The summed E-state index contributed by atoms with van der Waals surface area (Å²) in [5.41, 5.74) is 4.73. The number of para-hydroxylation sites is 1. The first-order chi connectivity index (χ1) is 13.1. The number of pyridine rings is 1. The molecule has 4 N–H and O–H groups in total. The summed E-state index contributed by atoms with van der Waals surface area (Å²) in [6.45, 7) is 2.04. The molecule has 27 heavy (non-hydrogen) atoms. The molecular formula is C20H19N5O2. The molecule has 7 heteroatoms. The summed E-state index contributed by atoms with van der Waals surface area (Å²) in [6.07, 6.45) is 2.36. The van der Waals surface area contributed by atoms with E-state index in [2.05, 4.69) is 25.9 Å². The molecule has 0 spiro atoms. The number of hydrogen-bond acceptors (Lipinski definition) is 4. The molecular weight excluding hydrogens is 342 g/mol. The van der Waals surface area contributed by atoms with E-state index in [0.29, 0.717) is 23.6 Å². The Labute approximate surface area is 156 Å². The van der Waals surface area contributed by atoms with E-state index < -0.39 is 0 Å². The smallest absolute Gasteiger partial charge is 0.255 e. The van der Waals surface area contributed by atoms with E-state index >= 15 is 0 Å². The molecule has 0 saturated carbocycles. The van der Waals surface area contributed by atoms with E-state index in [4.69, 9.17) is 0 Å². The van der Waals surface area contributed by atoms with Crippen LogP contribution in [0.3, 0.4) is 0 Å². The molecule has 0 fully saturated rings. The van der Waals surface area contributed by atoms with Crippen LogP contribution < -0.4 is 16.0 Å². The number of aromatic nitrogens is 2. The highest BCUT2D eigenvalue weighted by Gasteiger charge is 2.27. The Morgan fingerprint density at radius 2 is 2.00 bits per heavy atom. The van der Waals surface area contributed by atoms with Crippen LogP contribution in [-0.4, -0.2) is 28.3 Å². The van der Waals surface area contributed by atoms with Crippen molar-refractivity contribution in [2.45, 2.75) is 13.3 Å². The van der Waals surface area contributed by atoms with Crippen LogP contribution in [0.4, 0.5) is 17.2 Å². The fraction of sp³-hybridized carbons (Fsp3) is 0.150. The highest BCUT2D eigenvalue weighted by Crippen LogP contribution is 2.37. The van der Waals surface area contributed by atoms with Crippen LogP contribution in [0.15, 0.2) is 48.7 Å². The van der Waals surface area contributed by atoms with Gasteiger partial charge in [-0.2, -0.15) is 0 Å². The van der Waals surface area contributed by atoms with Crippen LogP contribution in [0.1, 0.15) is 23.0 Å². The molecule has 136 valence electrons. The molecule has 0 unspecified atom stereocenters. The monoisotopic (exact) mass is 361 g/mol. The molecule has 0 saturated heterocycles. The normalized spacial score (nSPS) is 12.9. The molecule has 0 aliphatic carbocycles. The SMILES string of the molecule is CC(=O)Nc1cc(-c2[nH]c3c(c2Nc2ccccc2)C(=O)NCC3)ccn1. The maximum absolute atomic E-state index is 12.5. The Hall–Kier alpha value is -3.61. The summed E-state index contributed by atoms with van der Waals surface area (Å²) in [5.74, 6) is 0.170. The van der Waals surface area contributed by atoms with Crippen molar-refractivity contribution in [1.82, 2.24) is 15.3 Å². The topological polar surface area (TPSA) is 98.9 Å². The quantitative estimate of drug-likeness (QED) is 0.574. The van der Waals surface area contributed by atoms with Gasteiger partial charge in [0.25, 0.3) is 5.91 Å². The first-order valence-corrected chi connectivity index (χ1v) is 8.71. The highest BCUT2D eigenvalue weighted by molar-refractivity contribution is 6.06. The molecule has 1 aliphatic heterocycles. The van der Waals surface area contributed by atoms with Crippen molar-refractivity contribution in [2.24, 2.45) is 0 Å². The third-order valence-corrected chi connectivity index (χ3v) is 4.36. The zero-order chi connectivity index (χ0) is 18.8. The van der Waals surface area contributed by atoms with Crippen LogP contribution >= 0.6 is 0 Å². The zero-order valence-corrected chi connectivity index (χ0v) is 14.8. The lowest BCUT2D eigenvalue weighted by atomic mass is 10.1. The molecule has 1 aliphatic rings. The summed E-state index contributed by atoms with van der Waals surface area (Å²) in [5, 5.41) is 8.96. The van der Waals surface area contributed by atoms with Crippen molar-refractivity contribution in [3.05, 3.63) is 59.9 Å². The Morgan fingerprint density at radius 3 is 2.78 bits per heavy atom. The lowest BCUT2D eigenvalue weighted by Gasteiger charge is -2.15. The molecule has 0 atom stereocenters. The summed E-state index contributed by atoms with van der Waals surface area (Å²) in [4.78, 5) is 31.4. The van der Waals surface area contributed by atoms with Crippen LogP contribution in [0.5, 0.6) is 0 Å². The van der Waals surface area contributed by atoms with E-state index in [0.717, 1.165) is 29.1 Å². The summed E-state index contributed by atoms with van der Waals surface area (Å²) < 4.78 is 0. The Morgan fingerprint density at radius 1 is 1.19 bits per heavy atom. The minimum atomic E-state index is -0.188. The molecule has 1 aromatic carbocycles. The third-order valence-electron chi connectivity index (χ3n) is 4.36. The first kappa shape index (κ1) is 16.8. The fourth-order valence-corrected chi connectivity index (χ4v) is 3.22. The standard InChI is InChI=1S/C20H19N5O2/c1-12(26)23-16-11-13(7-9-21-16)18-19(24-14-5-3-2-4-6-14)17-15(25-18)8-10-22-20(17)27/h2-7,9,11,24-25H,8,10H2,1H3,(H,22,27)(H,21,23,26). The van der Waals surface area contributed by atoms with Gasteiger partial charge in [-0.1, -0.05) is 18.2 Å². The number of H-pyrrole nitrogens is 1. The van der Waals surface area contributed by atoms with E-state index in [1.807, 2.05) is 36.4 Å². The average molecular weight is 361 g/mol. The van der Waals surface area contributed by atoms with E-state index in [-0.39, 0.29) is 11.8 Å². The predicted molar refractivity (Wildman–Crippen MR) is 104 cm³/mol. The summed E-state index contributed by atoms with van der Waals surface area (Å²) >= 11 is 0. The van der Waals surface area contributed by atoms with Gasteiger partial charge in [0.1, 0.15) is 5.82 Å². The van der Waals surface area contributed by atoms with Gasteiger partial charge in [-0.3, -0.25) is 9.59 Å². The number of benzene rings is 1. The molecule has 0 bridgehead atoms. The Balaban J connectivity index is 1.83. The average Bonchev–Trinajstić information content (AvgIpc) is 3.02. The van der Waals surface area contributed by atoms with Gasteiger partial charge in [0.15, 0.2) is 0 Å². The maximum atomic E-state index is 12.5. The molecule has 0 radical (unpaired) electrons. The van der Waals surface area contributed by atoms with Gasteiger partial charge in [-0.05, 0) is 24.3 Å². The van der Waals surface area contributed by atoms with Crippen molar-refractivity contribution < 1.29 is 9.59 Å². The number of anilines is 3. The van der Waals surface area contributed by atoms with Crippen LogP contribution in [-0.2, 0) is 11.2 Å². The molecule has 7 nitrogen and oxygen atoms in total.